The Morgan fingerprint density at radius 2 is 1.88 bits per heavy atom. The molecular formula is C7H6Os. The van der Waals surface area contributed by atoms with Gasteiger partial charge >= 0.3 is 58.7 Å². The molecule has 0 nitrogen and oxygen atoms in total. The quantitative estimate of drug-likeness (QED) is 0.681. The molecule has 0 fully saturated rings. The minimum atomic E-state index is 1.29. The maximum atomic E-state index is 2.10. The van der Waals surface area contributed by atoms with Gasteiger partial charge in [0.25, 0.3) is 0 Å². The van der Waals surface area contributed by atoms with Crippen LogP contribution in [0.3, 0.4) is 0 Å². The average Bonchev–Trinajstić information content (AvgIpc) is 2.19. The van der Waals surface area contributed by atoms with Crippen LogP contribution in [-0.2, 0) is 18.1 Å². The molecule has 0 aromatic rings. The molecule has 0 heterocycles. The summed E-state index contributed by atoms with van der Waals surface area (Å²) in [6.45, 7) is 0. The Balaban J connectivity index is 2.74. The minimum absolute atomic E-state index is 1.29. The molecule has 1 aliphatic carbocycles. The molecule has 0 unspecified atom stereocenters. The number of hydrogen-bond acceptors (Lipinski definition) is 0. The predicted octanol–water partition coefficient (Wildman–Crippen LogP) is 1.39. The van der Waals surface area contributed by atoms with Gasteiger partial charge in [-0.3, -0.25) is 0 Å². The number of rotatable bonds is 1. The maximum absolute atomic E-state index is 2.10. The zero-order valence-electron chi connectivity index (χ0n) is 4.32. The van der Waals surface area contributed by atoms with Gasteiger partial charge in [-0.25, -0.2) is 0 Å². The number of allylic oxidation sites excluding steroid dienone is 6. The molecule has 0 aliphatic heterocycles. The van der Waals surface area contributed by atoms with Crippen molar-refractivity contribution in [2.24, 2.45) is 0 Å². The summed E-state index contributed by atoms with van der Waals surface area (Å²) in [5, 5.41) is 0. The Morgan fingerprint density at radius 1 is 1.25 bits per heavy atom. The summed E-state index contributed by atoms with van der Waals surface area (Å²) in [7, 11) is 0. The van der Waals surface area contributed by atoms with Gasteiger partial charge in [-0.2, -0.15) is 0 Å². The zero-order chi connectivity index (χ0) is 5.82. The second-order valence-corrected chi connectivity index (χ2v) is 2.35. The molecule has 0 saturated heterocycles. The monoisotopic (exact) mass is 282 g/mol. The van der Waals surface area contributed by atoms with Crippen molar-refractivity contribution in [3.8, 4) is 0 Å². The topological polar surface area (TPSA) is 0 Å². The van der Waals surface area contributed by atoms with Crippen molar-refractivity contribution in [3.05, 3.63) is 36.0 Å². The van der Waals surface area contributed by atoms with Crippen molar-refractivity contribution in [2.75, 3.05) is 0 Å². The molecule has 0 amide bonds. The molecule has 0 radical (unpaired) electrons. The SMILES string of the molecule is [Os]=[CH]C=C1C=CC=C1. The predicted molar refractivity (Wildman–Crippen MR) is 32.4 cm³/mol. The molecule has 0 N–H and O–H groups in total. The molecular weight excluding hydrogens is 274 g/mol. The first-order valence-corrected chi connectivity index (χ1v) is 3.87. The first-order valence-electron chi connectivity index (χ1n) is 2.40. The van der Waals surface area contributed by atoms with Crippen LogP contribution in [0.25, 0.3) is 0 Å². The molecule has 1 rings (SSSR count). The molecule has 1 aliphatic rings. The third-order valence-corrected chi connectivity index (χ3v) is 1.36. The van der Waals surface area contributed by atoms with Crippen molar-refractivity contribution >= 4 is 4.57 Å². The Kier molecular flexibility index (Phi) is 2.12. The van der Waals surface area contributed by atoms with Crippen LogP contribution < -0.4 is 0 Å². The van der Waals surface area contributed by atoms with Gasteiger partial charge in [0.1, 0.15) is 0 Å². The van der Waals surface area contributed by atoms with Crippen LogP contribution in [0.5, 0.6) is 0 Å². The van der Waals surface area contributed by atoms with Gasteiger partial charge in [0.15, 0.2) is 0 Å². The van der Waals surface area contributed by atoms with Crippen LogP contribution in [0.1, 0.15) is 0 Å². The molecule has 0 saturated carbocycles. The van der Waals surface area contributed by atoms with E-state index in [-0.39, 0.29) is 0 Å². The van der Waals surface area contributed by atoms with Gasteiger partial charge in [-0.15, -0.1) is 0 Å². The Morgan fingerprint density at radius 3 is 2.38 bits per heavy atom. The van der Waals surface area contributed by atoms with Crippen LogP contribution in [0.15, 0.2) is 36.0 Å². The summed E-state index contributed by atoms with van der Waals surface area (Å²) < 4.78 is 2.06. The first-order chi connectivity index (χ1) is 3.93. The van der Waals surface area contributed by atoms with E-state index < -0.39 is 0 Å². The van der Waals surface area contributed by atoms with E-state index >= 15 is 0 Å². The van der Waals surface area contributed by atoms with Crippen molar-refractivity contribution in [3.63, 3.8) is 0 Å². The Hall–Kier alpha value is -0.274. The summed E-state index contributed by atoms with van der Waals surface area (Å²) in [6, 6.07) is 0. The molecule has 0 aromatic carbocycles. The summed E-state index contributed by atoms with van der Waals surface area (Å²) in [5.74, 6) is 0. The van der Waals surface area contributed by atoms with E-state index in [9.17, 15) is 0 Å². The summed E-state index contributed by atoms with van der Waals surface area (Å²) >= 11 is 1.85. The standard InChI is InChI=1S/C7H6.Os/c1-2-7-5-3-4-6-7;/h1-6H;. The Bertz CT molecular complexity index is 159. The second kappa shape index (κ2) is 2.90. The molecule has 0 bridgehead atoms. The van der Waals surface area contributed by atoms with Crippen LogP contribution in [0.2, 0.25) is 0 Å². The summed E-state index contributed by atoms with van der Waals surface area (Å²) in [4.78, 5) is 0. The van der Waals surface area contributed by atoms with E-state index in [1.807, 2.05) is 30.3 Å². The van der Waals surface area contributed by atoms with E-state index in [4.69, 9.17) is 0 Å². The Labute approximate surface area is 59.0 Å². The summed E-state index contributed by atoms with van der Waals surface area (Å²) in [5.41, 5.74) is 1.29. The normalized spacial score (nSPS) is 14.9. The van der Waals surface area contributed by atoms with Gasteiger partial charge < -0.3 is 0 Å². The molecule has 0 spiro atoms. The molecule has 8 heavy (non-hydrogen) atoms. The van der Waals surface area contributed by atoms with Crippen LogP contribution in [-0.4, -0.2) is 4.57 Å². The number of hydrogen-bond donors (Lipinski definition) is 0. The second-order valence-electron chi connectivity index (χ2n) is 1.50. The fourth-order valence-electron chi connectivity index (χ4n) is 0.568. The van der Waals surface area contributed by atoms with E-state index in [0.717, 1.165) is 0 Å². The van der Waals surface area contributed by atoms with Crippen molar-refractivity contribution in [2.45, 2.75) is 0 Å². The first kappa shape index (κ1) is 5.86. The average molecular weight is 280 g/mol. The molecule has 0 atom stereocenters. The fraction of sp³-hybridized carbons (Fsp3) is 0. The van der Waals surface area contributed by atoms with Crippen molar-refractivity contribution in [1.29, 1.82) is 0 Å². The van der Waals surface area contributed by atoms with Crippen LogP contribution in [0.4, 0.5) is 0 Å². The molecule has 42 valence electrons. The zero-order valence-corrected chi connectivity index (χ0v) is 6.86. The summed E-state index contributed by atoms with van der Waals surface area (Å²) in [6.07, 6.45) is 10.4. The van der Waals surface area contributed by atoms with Crippen LogP contribution >= 0.6 is 0 Å². The van der Waals surface area contributed by atoms with Crippen molar-refractivity contribution < 1.29 is 18.1 Å². The van der Waals surface area contributed by atoms with Crippen LogP contribution in [0, 0.1) is 0 Å². The van der Waals surface area contributed by atoms with Gasteiger partial charge in [0.2, 0.25) is 0 Å². The van der Waals surface area contributed by atoms with Gasteiger partial charge in [-0.05, 0) is 0 Å². The van der Waals surface area contributed by atoms with Gasteiger partial charge in [-0.1, -0.05) is 0 Å². The van der Waals surface area contributed by atoms with Gasteiger partial charge in [0.05, 0.1) is 0 Å². The van der Waals surface area contributed by atoms with Gasteiger partial charge in [0, 0.05) is 0 Å². The third-order valence-electron chi connectivity index (χ3n) is 0.940. The third kappa shape index (κ3) is 1.35. The van der Waals surface area contributed by atoms with E-state index in [2.05, 4.69) is 22.8 Å². The van der Waals surface area contributed by atoms with E-state index in [0.29, 0.717) is 0 Å². The molecule has 0 aromatic heterocycles. The van der Waals surface area contributed by atoms with E-state index in [1.54, 1.807) is 0 Å². The fourth-order valence-corrected chi connectivity index (χ4v) is 1.06. The van der Waals surface area contributed by atoms with E-state index in [1.165, 1.54) is 5.57 Å². The molecule has 1 heteroatoms. The van der Waals surface area contributed by atoms with Crippen molar-refractivity contribution in [1.82, 2.24) is 0 Å².